The summed E-state index contributed by atoms with van der Waals surface area (Å²) in [7, 11) is 0. The molecular weight excluding hydrogens is 290 g/mol. The number of nitro groups is 1. The Labute approximate surface area is 128 Å². The number of carbonyl (C=O) groups is 1. The lowest BCUT2D eigenvalue weighted by Gasteiger charge is -2.23. The van der Waals surface area contributed by atoms with Crippen LogP contribution in [-0.2, 0) is 9.53 Å². The molecule has 5 nitrogen and oxygen atoms in total. The second-order valence-corrected chi connectivity index (χ2v) is 6.62. The van der Waals surface area contributed by atoms with Gasteiger partial charge in [0.05, 0.1) is 4.92 Å². The predicted molar refractivity (Wildman–Crippen MR) is 81.4 cm³/mol. The predicted octanol–water partition coefficient (Wildman–Crippen LogP) is 3.95. The third-order valence-corrected chi connectivity index (χ3v) is 4.62. The summed E-state index contributed by atoms with van der Waals surface area (Å²) in [5.74, 6) is -0.203. The third-order valence-electron chi connectivity index (χ3n) is 3.53. The van der Waals surface area contributed by atoms with Crippen molar-refractivity contribution in [2.24, 2.45) is 0 Å². The number of non-ortho nitro benzene ring substituents is 1. The molecule has 0 aromatic heterocycles. The van der Waals surface area contributed by atoms with Gasteiger partial charge < -0.3 is 4.74 Å². The van der Waals surface area contributed by atoms with Crippen LogP contribution in [0.2, 0.25) is 0 Å². The molecule has 0 aliphatic heterocycles. The number of nitro benzene ring substituents is 1. The van der Waals surface area contributed by atoms with Crippen LogP contribution in [0.15, 0.2) is 29.2 Å². The Balaban J connectivity index is 1.86. The van der Waals surface area contributed by atoms with E-state index >= 15 is 0 Å². The van der Waals surface area contributed by atoms with Crippen molar-refractivity contribution in [3.63, 3.8) is 0 Å². The van der Waals surface area contributed by atoms with E-state index < -0.39 is 4.92 Å². The summed E-state index contributed by atoms with van der Waals surface area (Å²) in [4.78, 5) is 23.0. The molecule has 1 aliphatic rings. The van der Waals surface area contributed by atoms with Crippen LogP contribution < -0.4 is 0 Å². The standard InChI is InChI=1S/C15H19NO4S/c1-11(15(17)20-13-5-3-2-4-6-13)21-14-9-7-12(8-10-14)16(18)19/h7-11,13H,2-6H2,1H3. The summed E-state index contributed by atoms with van der Waals surface area (Å²) in [6, 6.07) is 6.21. The van der Waals surface area contributed by atoms with Gasteiger partial charge in [0, 0.05) is 17.0 Å². The van der Waals surface area contributed by atoms with Crippen LogP contribution in [0.25, 0.3) is 0 Å². The molecule has 1 aromatic carbocycles. The molecule has 1 atom stereocenters. The number of nitrogens with zero attached hydrogens (tertiary/aromatic N) is 1. The van der Waals surface area contributed by atoms with Gasteiger partial charge in [-0.25, -0.2) is 0 Å². The fraction of sp³-hybridized carbons (Fsp3) is 0.533. The summed E-state index contributed by atoms with van der Waals surface area (Å²) in [6.45, 7) is 1.80. The summed E-state index contributed by atoms with van der Waals surface area (Å²) < 4.78 is 5.52. The number of hydrogen-bond acceptors (Lipinski definition) is 5. The summed E-state index contributed by atoms with van der Waals surface area (Å²) >= 11 is 1.36. The van der Waals surface area contributed by atoms with E-state index in [1.165, 1.54) is 30.3 Å². The molecule has 0 amide bonds. The Morgan fingerprint density at radius 2 is 1.90 bits per heavy atom. The smallest absolute Gasteiger partial charge is 0.319 e. The van der Waals surface area contributed by atoms with Crippen molar-refractivity contribution >= 4 is 23.4 Å². The molecule has 0 heterocycles. The molecule has 0 N–H and O–H groups in total. The van der Waals surface area contributed by atoms with E-state index in [0.29, 0.717) is 0 Å². The lowest BCUT2D eigenvalue weighted by atomic mass is 9.98. The average molecular weight is 309 g/mol. The Bertz CT molecular complexity index is 497. The number of rotatable bonds is 5. The number of benzene rings is 1. The minimum absolute atomic E-state index is 0.0526. The van der Waals surface area contributed by atoms with Crippen LogP contribution in [0.3, 0.4) is 0 Å². The van der Waals surface area contributed by atoms with Crippen molar-refractivity contribution in [2.75, 3.05) is 0 Å². The first-order valence-electron chi connectivity index (χ1n) is 7.18. The van der Waals surface area contributed by atoms with Gasteiger partial charge in [0.2, 0.25) is 0 Å². The van der Waals surface area contributed by atoms with Crippen LogP contribution in [0.4, 0.5) is 5.69 Å². The van der Waals surface area contributed by atoms with Gasteiger partial charge in [-0.15, -0.1) is 11.8 Å². The molecule has 0 bridgehead atoms. The fourth-order valence-electron chi connectivity index (χ4n) is 2.34. The van der Waals surface area contributed by atoms with Crippen molar-refractivity contribution in [1.82, 2.24) is 0 Å². The number of thioether (sulfide) groups is 1. The highest BCUT2D eigenvalue weighted by molar-refractivity contribution is 8.00. The van der Waals surface area contributed by atoms with Gasteiger partial charge in [0.25, 0.3) is 5.69 Å². The summed E-state index contributed by atoms with van der Waals surface area (Å²) in [5.41, 5.74) is 0.0526. The quantitative estimate of drug-likeness (QED) is 0.356. The van der Waals surface area contributed by atoms with E-state index in [2.05, 4.69) is 0 Å². The Morgan fingerprint density at radius 1 is 1.29 bits per heavy atom. The molecule has 0 radical (unpaired) electrons. The largest absolute Gasteiger partial charge is 0.462 e. The number of esters is 1. The molecule has 1 aliphatic carbocycles. The molecule has 1 saturated carbocycles. The normalized spacial score (nSPS) is 17.2. The van der Waals surface area contributed by atoms with E-state index in [1.54, 1.807) is 19.1 Å². The second kappa shape index (κ2) is 7.45. The fourth-order valence-corrected chi connectivity index (χ4v) is 3.19. The van der Waals surface area contributed by atoms with Crippen LogP contribution in [0.5, 0.6) is 0 Å². The van der Waals surface area contributed by atoms with Gasteiger partial charge >= 0.3 is 5.97 Å². The molecule has 21 heavy (non-hydrogen) atoms. The van der Waals surface area contributed by atoms with E-state index in [-0.39, 0.29) is 23.0 Å². The Morgan fingerprint density at radius 3 is 2.48 bits per heavy atom. The Hall–Kier alpha value is -1.56. The highest BCUT2D eigenvalue weighted by atomic mass is 32.2. The minimum atomic E-state index is -0.435. The van der Waals surface area contributed by atoms with E-state index in [1.807, 2.05) is 0 Å². The van der Waals surface area contributed by atoms with Crippen molar-refractivity contribution in [1.29, 1.82) is 0 Å². The van der Waals surface area contributed by atoms with Crippen LogP contribution >= 0.6 is 11.8 Å². The molecule has 6 heteroatoms. The third kappa shape index (κ3) is 4.74. The maximum Gasteiger partial charge on any atom is 0.319 e. The van der Waals surface area contributed by atoms with Crippen LogP contribution in [0.1, 0.15) is 39.0 Å². The highest BCUT2D eigenvalue weighted by Crippen LogP contribution is 2.27. The number of ether oxygens (including phenoxy) is 1. The maximum atomic E-state index is 12.0. The molecule has 1 unspecified atom stereocenters. The number of carbonyl (C=O) groups excluding carboxylic acids is 1. The highest BCUT2D eigenvalue weighted by Gasteiger charge is 2.22. The average Bonchev–Trinajstić information content (AvgIpc) is 2.48. The van der Waals surface area contributed by atoms with Gasteiger partial charge in [-0.2, -0.15) is 0 Å². The molecule has 114 valence electrons. The van der Waals surface area contributed by atoms with Gasteiger partial charge in [-0.1, -0.05) is 6.42 Å². The molecule has 0 saturated heterocycles. The maximum absolute atomic E-state index is 12.0. The van der Waals surface area contributed by atoms with Gasteiger partial charge in [-0.3, -0.25) is 14.9 Å². The molecular formula is C15H19NO4S. The topological polar surface area (TPSA) is 69.4 Å². The zero-order valence-corrected chi connectivity index (χ0v) is 12.8. The van der Waals surface area contributed by atoms with Crippen molar-refractivity contribution < 1.29 is 14.5 Å². The van der Waals surface area contributed by atoms with Gasteiger partial charge in [-0.05, 0) is 44.7 Å². The molecule has 1 fully saturated rings. The monoisotopic (exact) mass is 309 g/mol. The zero-order chi connectivity index (χ0) is 15.2. The van der Waals surface area contributed by atoms with Crippen molar-refractivity contribution in [3.8, 4) is 0 Å². The SMILES string of the molecule is CC(Sc1ccc([N+](=O)[O-])cc1)C(=O)OC1CCCCC1. The van der Waals surface area contributed by atoms with E-state index in [9.17, 15) is 14.9 Å². The van der Waals surface area contributed by atoms with Crippen LogP contribution in [-0.4, -0.2) is 22.2 Å². The first kappa shape index (κ1) is 15.8. The summed E-state index contributed by atoms with van der Waals surface area (Å²) in [6.07, 6.45) is 5.46. The zero-order valence-electron chi connectivity index (χ0n) is 12.0. The van der Waals surface area contributed by atoms with Crippen LogP contribution in [0, 0.1) is 10.1 Å². The minimum Gasteiger partial charge on any atom is -0.462 e. The Kier molecular flexibility index (Phi) is 5.61. The van der Waals surface area contributed by atoms with Gasteiger partial charge in [0.1, 0.15) is 11.4 Å². The van der Waals surface area contributed by atoms with E-state index in [4.69, 9.17) is 4.74 Å². The van der Waals surface area contributed by atoms with Crippen molar-refractivity contribution in [3.05, 3.63) is 34.4 Å². The molecule has 1 aromatic rings. The second-order valence-electron chi connectivity index (χ2n) is 5.21. The first-order chi connectivity index (χ1) is 10.1. The molecule has 0 spiro atoms. The van der Waals surface area contributed by atoms with Gasteiger partial charge in [0.15, 0.2) is 0 Å². The first-order valence-corrected chi connectivity index (χ1v) is 8.06. The molecule has 2 rings (SSSR count). The number of hydrogen-bond donors (Lipinski definition) is 0. The van der Waals surface area contributed by atoms with Crippen molar-refractivity contribution in [2.45, 2.75) is 55.3 Å². The summed E-state index contributed by atoms with van der Waals surface area (Å²) in [5, 5.41) is 10.3. The van der Waals surface area contributed by atoms with E-state index in [0.717, 1.165) is 30.6 Å². The lowest BCUT2D eigenvalue weighted by molar-refractivity contribution is -0.384. The lowest BCUT2D eigenvalue weighted by Crippen LogP contribution is -2.25.